The number of sulfonamides is 1. The van der Waals surface area contributed by atoms with E-state index in [2.05, 4.69) is 16.0 Å². The van der Waals surface area contributed by atoms with E-state index in [1.54, 1.807) is 25.1 Å². The number of hydrogen-bond acceptors (Lipinski definition) is 4. The van der Waals surface area contributed by atoms with Crippen molar-refractivity contribution in [1.82, 2.24) is 4.72 Å². The van der Waals surface area contributed by atoms with Crippen LogP contribution in [-0.4, -0.2) is 28.0 Å². The van der Waals surface area contributed by atoms with Crippen molar-refractivity contribution < 1.29 is 17.9 Å². The number of esters is 1. The molecule has 0 unspecified atom stereocenters. The summed E-state index contributed by atoms with van der Waals surface area (Å²) in [4.78, 5) is 11.3. The van der Waals surface area contributed by atoms with Crippen LogP contribution < -0.4 is 4.72 Å². The number of benzene rings is 1. The first kappa shape index (κ1) is 15.4. The van der Waals surface area contributed by atoms with E-state index >= 15 is 0 Å². The van der Waals surface area contributed by atoms with Gasteiger partial charge in [-0.15, -0.1) is 0 Å². The molecule has 19 heavy (non-hydrogen) atoms. The average molecular weight is 283 g/mol. The molecular formula is C13H17NO4S. The quantitative estimate of drug-likeness (QED) is 0.634. The van der Waals surface area contributed by atoms with Gasteiger partial charge in [0.2, 0.25) is 10.0 Å². The zero-order valence-corrected chi connectivity index (χ0v) is 11.8. The molecule has 0 radical (unpaired) electrons. The second-order valence-corrected chi connectivity index (χ2v) is 6.04. The minimum absolute atomic E-state index is 0.189. The maximum absolute atomic E-state index is 11.8. The lowest BCUT2D eigenvalue weighted by Crippen LogP contribution is -2.26. The van der Waals surface area contributed by atoms with Gasteiger partial charge in [-0.1, -0.05) is 24.3 Å². The van der Waals surface area contributed by atoms with Crippen molar-refractivity contribution in [3.05, 3.63) is 47.5 Å². The number of carbonyl (C=O) groups excluding carboxylic acids is 1. The van der Waals surface area contributed by atoms with Gasteiger partial charge < -0.3 is 4.74 Å². The molecule has 0 atom stereocenters. The van der Waals surface area contributed by atoms with Gasteiger partial charge in [-0.2, -0.15) is 0 Å². The third kappa shape index (κ3) is 5.23. The molecule has 0 bridgehead atoms. The number of ether oxygens (including phenoxy) is 1. The topological polar surface area (TPSA) is 72.5 Å². The Morgan fingerprint density at radius 3 is 2.68 bits per heavy atom. The van der Waals surface area contributed by atoms with Crippen LogP contribution >= 0.6 is 0 Å². The summed E-state index contributed by atoms with van der Waals surface area (Å²) in [6.07, 6.45) is 0. The zero-order valence-electron chi connectivity index (χ0n) is 11.0. The lowest BCUT2D eigenvalue weighted by molar-refractivity contribution is 0.0600. The second kappa shape index (κ2) is 6.49. The van der Waals surface area contributed by atoms with Gasteiger partial charge in [0.15, 0.2) is 0 Å². The number of carbonyl (C=O) groups is 1. The first-order valence-corrected chi connectivity index (χ1v) is 7.28. The Morgan fingerprint density at radius 1 is 1.42 bits per heavy atom. The number of methoxy groups -OCH3 is 1. The third-order valence-electron chi connectivity index (χ3n) is 2.30. The smallest absolute Gasteiger partial charge is 0.337 e. The molecule has 0 aliphatic carbocycles. The maximum atomic E-state index is 11.8. The summed E-state index contributed by atoms with van der Waals surface area (Å²) < 4.78 is 30.6. The van der Waals surface area contributed by atoms with Crippen LogP contribution in [-0.2, 0) is 20.5 Å². The van der Waals surface area contributed by atoms with Gasteiger partial charge in [-0.3, -0.25) is 0 Å². The highest BCUT2D eigenvalue weighted by Gasteiger charge is 2.13. The SMILES string of the molecule is C=C(C)CNS(=O)(=O)Cc1cccc(C(=O)OC)c1. The second-order valence-electron chi connectivity index (χ2n) is 4.23. The molecule has 104 valence electrons. The van der Waals surface area contributed by atoms with E-state index in [1.165, 1.54) is 13.2 Å². The minimum atomic E-state index is -3.44. The molecule has 0 saturated carbocycles. The molecule has 0 heterocycles. The summed E-state index contributed by atoms with van der Waals surface area (Å²) in [5.41, 5.74) is 1.58. The Kier molecular flexibility index (Phi) is 5.26. The van der Waals surface area contributed by atoms with Crippen molar-refractivity contribution in [1.29, 1.82) is 0 Å². The highest BCUT2D eigenvalue weighted by Crippen LogP contribution is 2.09. The van der Waals surface area contributed by atoms with Gasteiger partial charge in [0.1, 0.15) is 0 Å². The standard InChI is InChI=1S/C13H17NO4S/c1-10(2)8-14-19(16,17)9-11-5-4-6-12(7-11)13(15)18-3/h4-7,14H,1,8-9H2,2-3H3. The number of nitrogens with one attached hydrogen (secondary N) is 1. The summed E-state index contributed by atoms with van der Waals surface area (Å²) in [6, 6.07) is 6.34. The van der Waals surface area contributed by atoms with E-state index in [1.807, 2.05) is 0 Å². The fourth-order valence-electron chi connectivity index (χ4n) is 1.41. The maximum Gasteiger partial charge on any atom is 0.337 e. The van der Waals surface area contributed by atoms with Crippen LogP contribution in [0.3, 0.4) is 0 Å². The van der Waals surface area contributed by atoms with Crippen LogP contribution in [0.4, 0.5) is 0 Å². The molecule has 0 aliphatic rings. The Morgan fingerprint density at radius 2 is 2.11 bits per heavy atom. The Labute approximate surface area is 113 Å². The summed E-state index contributed by atoms with van der Waals surface area (Å²) in [6.45, 7) is 5.57. The fourth-order valence-corrected chi connectivity index (χ4v) is 2.60. The molecule has 0 spiro atoms. The Balaban J connectivity index is 2.82. The van der Waals surface area contributed by atoms with Gasteiger partial charge in [-0.25, -0.2) is 17.9 Å². The van der Waals surface area contributed by atoms with Crippen LogP contribution in [0.1, 0.15) is 22.8 Å². The predicted octanol–water partition coefficient (Wildman–Crippen LogP) is 1.47. The molecular weight excluding hydrogens is 266 g/mol. The first-order chi connectivity index (χ1) is 8.84. The normalized spacial score (nSPS) is 11.1. The van der Waals surface area contributed by atoms with Crippen LogP contribution in [0.25, 0.3) is 0 Å². The van der Waals surface area contributed by atoms with E-state index in [9.17, 15) is 13.2 Å². The molecule has 0 amide bonds. The van der Waals surface area contributed by atoms with Gasteiger partial charge in [0.05, 0.1) is 18.4 Å². The van der Waals surface area contributed by atoms with Crippen LogP contribution in [0, 0.1) is 0 Å². The highest BCUT2D eigenvalue weighted by atomic mass is 32.2. The lowest BCUT2D eigenvalue weighted by atomic mass is 10.1. The lowest BCUT2D eigenvalue weighted by Gasteiger charge is -2.07. The Bertz CT molecular complexity index is 578. The van der Waals surface area contributed by atoms with Crippen LogP contribution in [0.15, 0.2) is 36.4 Å². The molecule has 6 heteroatoms. The summed E-state index contributed by atoms with van der Waals surface area (Å²) in [5, 5.41) is 0. The van der Waals surface area contributed by atoms with E-state index in [0.717, 1.165) is 5.57 Å². The summed E-state index contributed by atoms with van der Waals surface area (Å²) in [5.74, 6) is -0.681. The molecule has 1 aromatic carbocycles. The van der Waals surface area contributed by atoms with Gasteiger partial charge in [0, 0.05) is 6.54 Å². The first-order valence-electron chi connectivity index (χ1n) is 5.63. The molecule has 5 nitrogen and oxygen atoms in total. The van der Waals surface area contributed by atoms with Crippen molar-refractivity contribution in [2.24, 2.45) is 0 Å². The number of hydrogen-bond donors (Lipinski definition) is 1. The third-order valence-corrected chi connectivity index (χ3v) is 3.60. The highest BCUT2D eigenvalue weighted by molar-refractivity contribution is 7.88. The van der Waals surface area contributed by atoms with E-state index < -0.39 is 16.0 Å². The van der Waals surface area contributed by atoms with Crippen LogP contribution in [0.2, 0.25) is 0 Å². The van der Waals surface area contributed by atoms with Crippen molar-refractivity contribution in [2.45, 2.75) is 12.7 Å². The summed E-state index contributed by atoms with van der Waals surface area (Å²) in [7, 11) is -2.16. The van der Waals surface area contributed by atoms with Crippen molar-refractivity contribution >= 4 is 16.0 Å². The van der Waals surface area contributed by atoms with Gasteiger partial charge in [-0.05, 0) is 24.6 Å². The molecule has 1 aromatic rings. The molecule has 1 rings (SSSR count). The van der Waals surface area contributed by atoms with Crippen LogP contribution in [0.5, 0.6) is 0 Å². The van der Waals surface area contributed by atoms with Crippen molar-refractivity contribution in [3.63, 3.8) is 0 Å². The van der Waals surface area contributed by atoms with E-state index in [0.29, 0.717) is 11.1 Å². The predicted molar refractivity (Wildman–Crippen MR) is 73.2 cm³/mol. The molecule has 0 aromatic heterocycles. The van der Waals surface area contributed by atoms with E-state index in [4.69, 9.17) is 0 Å². The van der Waals surface area contributed by atoms with Crippen molar-refractivity contribution in [3.8, 4) is 0 Å². The average Bonchev–Trinajstić information content (AvgIpc) is 2.35. The minimum Gasteiger partial charge on any atom is -0.465 e. The van der Waals surface area contributed by atoms with Gasteiger partial charge in [0.25, 0.3) is 0 Å². The van der Waals surface area contributed by atoms with Crippen molar-refractivity contribution in [2.75, 3.05) is 13.7 Å². The molecule has 0 aliphatic heterocycles. The van der Waals surface area contributed by atoms with Gasteiger partial charge >= 0.3 is 5.97 Å². The zero-order chi connectivity index (χ0) is 14.5. The monoisotopic (exact) mass is 283 g/mol. The molecule has 0 fully saturated rings. The summed E-state index contributed by atoms with van der Waals surface area (Å²) >= 11 is 0. The number of rotatable bonds is 6. The Hall–Kier alpha value is -1.66. The largest absolute Gasteiger partial charge is 0.465 e. The molecule has 1 N–H and O–H groups in total. The van der Waals surface area contributed by atoms with E-state index in [-0.39, 0.29) is 12.3 Å². The fraction of sp³-hybridized carbons (Fsp3) is 0.308. The molecule has 0 saturated heterocycles.